The van der Waals surface area contributed by atoms with Crippen molar-refractivity contribution in [1.82, 2.24) is 20.2 Å². The molecule has 2 N–H and O–H groups in total. The second-order valence-electron chi connectivity index (χ2n) is 5.96. The molecular weight excluding hydrogens is 371 g/mol. The van der Waals surface area contributed by atoms with Gasteiger partial charge in [-0.1, -0.05) is 12.1 Å². The highest BCUT2D eigenvalue weighted by atomic mass is 19.4. The van der Waals surface area contributed by atoms with Crippen LogP contribution in [0.4, 0.5) is 18.9 Å². The van der Waals surface area contributed by atoms with Gasteiger partial charge in [0, 0.05) is 23.3 Å². The van der Waals surface area contributed by atoms with Gasteiger partial charge in [0.05, 0.1) is 17.4 Å². The van der Waals surface area contributed by atoms with Gasteiger partial charge in [-0.25, -0.2) is 4.98 Å². The van der Waals surface area contributed by atoms with Gasteiger partial charge >= 0.3 is 6.18 Å². The molecule has 0 aliphatic heterocycles. The smallest absolute Gasteiger partial charge is 0.319 e. The summed E-state index contributed by atoms with van der Waals surface area (Å²) in [6.07, 6.45) is -0.216. The maximum atomic E-state index is 12.6. The number of H-pyrrole nitrogens is 1. The molecule has 0 fully saturated rings. The summed E-state index contributed by atoms with van der Waals surface area (Å²) in [4.78, 5) is 20.0. The van der Waals surface area contributed by atoms with Crippen molar-refractivity contribution in [3.05, 3.63) is 72.4 Å². The van der Waals surface area contributed by atoms with Gasteiger partial charge in [-0.05, 0) is 35.9 Å². The minimum absolute atomic E-state index is 0.126. The van der Waals surface area contributed by atoms with Crippen LogP contribution in [-0.2, 0) is 6.18 Å². The molecule has 140 valence electrons. The topological polar surface area (TPSA) is 83.6 Å². The van der Waals surface area contributed by atoms with E-state index in [9.17, 15) is 18.0 Å². The molecule has 4 rings (SSSR count). The normalized spacial score (nSPS) is 11.5. The van der Waals surface area contributed by atoms with E-state index in [4.69, 9.17) is 0 Å². The van der Waals surface area contributed by atoms with Crippen molar-refractivity contribution in [3.63, 3.8) is 0 Å². The van der Waals surface area contributed by atoms with Crippen molar-refractivity contribution in [2.45, 2.75) is 6.18 Å². The number of hydrogen-bond acceptors (Lipinski definition) is 4. The molecular formula is C19H12F3N5O. The third kappa shape index (κ3) is 3.41. The van der Waals surface area contributed by atoms with Crippen molar-refractivity contribution in [1.29, 1.82) is 0 Å². The van der Waals surface area contributed by atoms with Gasteiger partial charge < -0.3 is 5.32 Å². The number of carbonyl (C=O) groups excluding carboxylic acids is 1. The number of amides is 1. The lowest BCUT2D eigenvalue weighted by molar-refractivity contribution is -0.141. The summed E-state index contributed by atoms with van der Waals surface area (Å²) in [6, 6.07) is 11.1. The number of aromatic amines is 1. The van der Waals surface area contributed by atoms with Gasteiger partial charge in [0.15, 0.2) is 5.69 Å². The minimum Gasteiger partial charge on any atom is -0.319 e. The summed E-state index contributed by atoms with van der Waals surface area (Å²) < 4.78 is 37.8. The Hall–Kier alpha value is -3.75. The molecule has 9 heteroatoms. The zero-order chi connectivity index (χ0) is 19.7. The largest absolute Gasteiger partial charge is 0.433 e. The Morgan fingerprint density at radius 3 is 2.57 bits per heavy atom. The van der Waals surface area contributed by atoms with Crippen LogP contribution < -0.4 is 5.32 Å². The van der Waals surface area contributed by atoms with E-state index in [2.05, 4.69) is 25.5 Å². The van der Waals surface area contributed by atoms with Gasteiger partial charge in [0.1, 0.15) is 5.69 Å². The van der Waals surface area contributed by atoms with E-state index in [0.717, 1.165) is 29.5 Å². The van der Waals surface area contributed by atoms with E-state index in [1.54, 1.807) is 30.6 Å². The Balaban J connectivity index is 1.62. The number of aromatic nitrogens is 4. The molecule has 6 nitrogen and oxygen atoms in total. The molecule has 3 heterocycles. The minimum atomic E-state index is -4.54. The van der Waals surface area contributed by atoms with Crippen molar-refractivity contribution in [2.24, 2.45) is 0 Å². The summed E-state index contributed by atoms with van der Waals surface area (Å²) in [7, 11) is 0. The summed E-state index contributed by atoms with van der Waals surface area (Å²) in [6.45, 7) is 0. The number of pyridine rings is 2. The Labute approximate surface area is 156 Å². The number of alkyl halides is 3. The van der Waals surface area contributed by atoms with Crippen LogP contribution in [0.25, 0.3) is 22.0 Å². The van der Waals surface area contributed by atoms with Gasteiger partial charge in [-0.2, -0.15) is 18.3 Å². The average Bonchev–Trinajstić information content (AvgIpc) is 3.12. The fourth-order valence-electron chi connectivity index (χ4n) is 2.73. The predicted molar refractivity (Wildman–Crippen MR) is 96.5 cm³/mol. The number of nitrogens with one attached hydrogen (secondary N) is 2. The molecule has 0 bridgehead atoms. The number of anilines is 1. The highest BCUT2D eigenvalue weighted by Crippen LogP contribution is 2.28. The van der Waals surface area contributed by atoms with Crippen molar-refractivity contribution in [3.8, 4) is 11.1 Å². The number of hydrogen-bond donors (Lipinski definition) is 2. The quantitative estimate of drug-likeness (QED) is 0.553. The zero-order valence-electron chi connectivity index (χ0n) is 14.2. The Morgan fingerprint density at radius 1 is 1.04 bits per heavy atom. The third-order valence-corrected chi connectivity index (χ3v) is 4.08. The molecule has 0 aliphatic carbocycles. The lowest BCUT2D eigenvalue weighted by Gasteiger charge is -2.07. The summed E-state index contributed by atoms with van der Waals surface area (Å²) in [5.74, 6) is -0.559. The number of fused-ring (bicyclic) bond motifs is 1. The predicted octanol–water partition coefficient (Wildman–Crippen LogP) is 4.29. The van der Waals surface area contributed by atoms with Crippen molar-refractivity contribution in [2.75, 3.05) is 5.32 Å². The Bertz CT molecular complexity index is 1140. The first-order chi connectivity index (χ1) is 13.4. The first-order valence-electron chi connectivity index (χ1n) is 8.15. The summed E-state index contributed by atoms with van der Waals surface area (Å²) >= 11 is 0. The maximum absolute atomic E-state index is 12.6. The molecule has 28 heavy (non-hydrogen) atoms. The second-order valence-corrected chi connectivity index (χ2v) is 5.96. The Morgan fingerprint density at radius 2 is 1.89 bits per heavy atom. The van der Waals surface area contributed by atoms with Crippen LogP contribution in [0, 0.1) is 0 Å². The molecule has 0 radical (unpaired) electrons. The lowest BCUT2D eigenvalue weighted by atomic mass is 10.0. The van der Waals surface area contributed by atoms with E-state index in [0.29, 0.717) is 10.9 Å². The average molecular weight is 383 g/mol. The van der Waals surface area contributed by atoms with Gasteiger partial charge in [0.2, 0.25) is 0 Å². The fraction of sp³-hybridized carbons (Fsp3) is 0.0526. The first kappa shape index (κ1) is 17.7. The van der Waals surface area contributed by atoms with Gasteiger partial charge in [-0.3, -0.25) is 14.9 Å². The number of nitrogens with zero attached hydrogens (tertiary/aromatic N) is 3. The van der Waals surface area contributed by atoms with E-state index in [-0.39, 0.29) is 11.4 Å². The maximum Gasteiger partial charge on any atom is 0.433 e. The fourth-order valence-corrected chi connectivity index (χ4v) is 2.73. The van der Waals surface area contributed by atoms with E-state index in [1.807, 2.05) is 12.1 Å². The zero-order valence-corrected chi connectivity index (χ0v) is 14.2. The number of rotatable bonds is 3. The summed E-state index contributed by atoms with van der Waals surface area (Å²) in [5.41, 5.74) is 1.62. The number of carbonyl (C=O) groups is 1. The monoisotopic (exact) mass is 383 g/mol. The van der Waals surface area contributed by atoms with E-state index in [1.165, 1.54) is 0 Å². The molecule has 1 aromatic carbocycles. The van der Waals surface area contributed by atoms with Crippen LogP contribution in [-0.4, -0.2) is 26.1 Å². The Kier molecular flexibility index (Phi) is 4.26. The van der Waals surface area contributed by atoms with Gasteiger partial charge in [0.25, 0.3) is 5.91 Å². The molecule has 0 saturated carbocycles. The second kappa shape index (κ2) is 6.76. The molecule has 0 spiro atoms. The summed E-state index contributed by atoms with van der Waals surface area (Å²) in [5, 5.41) is 9.89. The van der Waals surface area contributed by atoms with Crippen LogP contribution in [0.3, 0.4) is 0 Å². The van der Waals surface area contributed by atoms with Crippen LogP contribution in [0.5, 0.6) is 0 Å². The highest BCUT2D eigenvalue weighted by molar-refractivity contribution is 6.11. The molecule has 1 amide bonds. The third-order valence-electron chi connectivity index (χ3n) is 4.08. The lowest BCUT2D eigenvalue weighted by Crippen LogP contribution is -2.14. The van der Waals surface area contributed by atoms with Crippen molar-refractivity contribution < 1.29 is 18.0 Å². The highest BCUT2D eigenvalue weighted by Gasteiger charge is 2.32. The van der Waals surface area contributed by atoms with Crippen molar-refractivity contribution >= 4 is 22.5 Å². The van der Waals surface area contributed by atoms with Crippen LogP contribution >= 0.6 is 0 Å². The number of halogens is 3. The molecule has 0 unspecified atom stereocenters. The van der Waals surface area contributed by atoms with Crippen LogP contribution in [0.1, 0.15) is 16.2 Å². The molecule has 0 atom stereocenters. The van der Waals surface area contributed by atoms with Gasteiger partial charge in [-0.15, -0.1) is 0 Å². The van der Waals surface area contributed by atoms with E-state index < -0.39 is 17.8 Å². The SMILES string of the molecule is O=C(Nc1ccc(C(F)(F)F)nc1)c1n[nH]c2ccc(-c3cccnc3)cc12. The van der Waals surface area contributed by atoms with Crippen LogP contribution in [0.15, 0.2) is 61.1 Å². The molecule has 4 aromatic rings. The van der Waals surface area contributed by atoms with Crippen LogP contribution in [0.2, 0.25) is 0 Å². The first-order valence-corrected chi connectivity index (χ1v) is 8.15. The number of benzene rings is 1. The standard InChI is InChI=1S/C19H12F3N5O/c20-19(21,22)16-6-4-13(10-24-16)25-18(28)17-14-8-11(3-5-15(14)26-27-17)12-2-1-7-23-9-12/h1-10H,(H,25,28)(H,26,27). The molecule has 3 aromatic heterocycles. The molecule has 0 saturated heterocycles. The van der Waals surface area contributed by atoms with E-state index >= 15 is 0 Å². The molecule has 0 aliphatic rings.